The highest BCUT2D eigenvalue weighted by atomic mass is 32.2. The van der Waals surface area contributed by atoms with E-state index in [2.05, 4.69) is 10.3 Å². The van der Waals surface area contributed by atoms with E-state index in [-0.39, 0.29) is 19.0 Å². The molecule has 0 aliphatic carbocycles. The molecule has 2 rings (SSSR count). The molecule has 1 atom stereocenters. The molecule has 1 unspecified atom stereocenters. The summed E-state index contributed by atoms with van der Waals surface area (Å²) in [6, 6.07) is 0. The summed E-state index contributed by atoms with van der Waals surface area (Å²) >= 11 is 0. The van der Waals surface area contributed by atoms with Gasteiger partial charge in [0.15, 0.2) is 5.96 Å². The van der Waals surface area contributed by atoms with Crippen LogP contribution in [-0.2, 0) is 14.8 Å². The van der Waals surface area contributed by atoms with Crippen molar-refractivity contribution in [3.8, 4) is 0 Å². The zero-order chi connectivity index (χ0) is 20.1. The topological polar surface area (TPSA) is 74.2 Å². The third-order valence-electron chi connectivity index (χ3n) is 4.96. The summed E-state index contributed by atoms with van der Waals surface area (Å²) in [5.74, 6) is 1.30. The molecule has 2 aliphatic rings. The highest BCUT2D eigenvalue weighted by Crippen LogP contribution is 2.30. The van der Waals surface area contributed by atoms with Crippen molar-refractivity contribution in [3.05, 3.63) is 0 Å². The van der Waals surface area contributed by atoms with Gasteiger partial charge in [0.2, 0.25) is 0 Å². The monoisotopic (exact) mass is 414 g/mol. The van der Waals surface area contributed by atoms with Crippen LogP contribution in [0.4, 0.5) is 13.2 Å². The number of aliphatic imine (C=N–C) groups is 1. The molecular weight excluding hydrogens is 385 g/mol. The second-order valence-corrected chi connectivity index (χ2v) is 9.03. The number of piperidine rings is 1. The summed E-state index contributed by atoms with van der Waals surface area (Å²) < 4.78 is 66.8. The lowest BCUT2D eigenvalue weighted by Gasteiger charge is -2.31. The first-order valence-electron chi connectivity index (χ1n) is 9.28. The first kappa shape index (κ1) is 22.2. The predicted molar refractivity (Wildman–Crippen MR) is 96.8 cm³/mol. The van der Waals surface area contributed by atoms with Crippen LogP contribution in [0.25, 0.3) is 0 Å². The molecule has 0 amide bonds. The lowest BCUT2D eigenvalue weighted by Crippen LogP contribution is -2.45. The van der Waals surface area contributed by atoms with E-state index >= 15 is 0 Å². The average Bonchev–Trinajstić information content (AvgIpc) is 3.11. The normalized spacial score (nSPS) is 23.6. The molecule has 0 saturated carbocycles. The Morgan fingerprint density at radius 3 is 2.44 bits per heavy atom. The summed E-state index contributed by atoms with van der Waals surface area (Å²) in [6.07, 6.45) is 1.77. The Balaban J connectivity index is 1.88. The first-order valence-corrected chi connectivity index (χ1v) is 10.7. The minimum Gasteiger partial charge on any atom is -0.381 e. The lowest BCUT2D eigenvalue weighted by atomic mass is 9.98. The van der Waals surface area contributed by atoms with Crippen LogP contribution in [0.15, 0.2) is 4.99 Å². The fourth-order valence-corrected chi connectivity index (χ4v) is 4.35. The van der Waals surface area contributed by atoms with Gasteiger partial charge in [0, 0.05) is 52.3 Å². The van der Waals surface area contributed by atoms with Gasteiger partial charge in [-0.15, -0.1) is 0 Å². The minimum atomic E-state index is -5.23. The molecule has 2 saturated heterocycles. The SMILES string of the molecule is CCNC(=NCC1CCN(S(=O)(=O)C(F)(F)F)CC1)N(C)CC1CCOC1. The molecule has 11 heteroatoms. The Kier molecular flexibility index (Phi) is 7.75. The number of sulfonamides is 1. The second kappa shape index (κ2) is 9.42. The van der Waals surface area contributed by atoms with Gasteiger partial charge in [-0.1, -0.05) is 0 Å². The van der Waals surface area contributed by atoms with E-state index in [1.165, 1.54) is 0 Å². The fraction of sp³-hybridized carbons (Fsp3) is 0.938. The van der Waals surface area contributed by atoms with Gasteiger partial charge in [-0.25, -0.2) is 8.42 Å². The van der Waals surface area contributed by atoms with E-state index in [1.807, 2.05) is 18.9 Å². The summed E-state index contributed by atoms with van der Waals surface area (Å²) in [6.45, 7) is 5.28. The van der Waals surface area contributed by atoms with Crippen molar-refractivity contribution in [2.24, 2.45) is 16.8 Å². The predicted octanol–water partition coefficient (Wildman–Crippen LogP) is 1.48. The van der Waals surface area contributed by atoms with Gasteiger partial charge in [0.25, 0.3) is 0 Å². The van der Waals surface area contributed by atoms with E-state index < -0.39 is 15.5 Å². The standard InChI is InChI=1S/C16H29F3N4O3S/c1-3-20-15(22(2)11-14-6-9-26-12-14)21-10-13-4-7-23(8-5-13)27(24,25)16(17,18)19/h13-14H,3-12H2,1-2H3,(H,20,21). The zero-order valence-corrected chi connectivity index (χ0v) is 16.7. The van der Waals surface area contributed by atoms with Crippen LogP contribution in [0.2, 0.25) is 0 Å². The molecule has 2 fully saturated rings. The van der Waals surface area contributed by atoms with Crippen molar-refractivity contribution in [1.29, 1.82) is 0 Å². The highest BCUT2D eigenvalue weighted by molar-refractivity contribution is 7.90. The number of guanidine groups is 1. The van der Waals surface area contributed by atoms with Gasteiger partial charge >= 0.3 is 15.5 Å². The maximum atomic E-state index is 12.6. The molecule has 0 aromatic rings. The highest BCUT2D eigenvalue weighted by Gasteiger charge is 2.50. The smallest absolute Gasteiger partial charge is 0.381 e. The van der Waals surface area contributed by atoms with Gasteiger partial charge < -0.3 is 15.0 Å². The van der Waals surface area contributed by atoms with Crippen LogP contribution < -0.4 is 5.32 Å². The van der Waals surface area contributed by atoms with Crippen LogP contribution in [0.5, 0.6) is 0 Å². The number of nitrogens with zero attached hydrogens (tertiary/aromatic N) is 3. The molecule has 0 spiro atoms. The van der Waals surface area contributed by atoms with Crippen LogP contribution in [0.1, 0.15) is 26.2 Å². The first-order chi connectivity index (χ1) is 12.6. The van der Waals surface area contributed by atoms with Crippen LogP contribution in [-0.4, -0.2) is 82.1 Å². The largest absolute Gasteiger partial charge is 0.511 e. The van der Waals surface area contributed by atoms with E-state index in [1.54, 1.807) is 0 Å². The molecule has 0 aromatic carbocycles. The van der Waals surface area contributed by atoms with Gasteiger partial charge in [0.1, 0.15) is 0 Å². The molecule has 0 radical (unpaired) electrons. The van der Waals surface area contributed by atoms with Crippen molar-refractivity contribution in [1.82, 2.24) is 14.5 Å². The van der Waals surface area contributed by atoms with Crippen molar-refractivity contribution in [2.45, 2.75) is 31.7 Å². The number of alkyl halides is 3. The van der Waals surface area contributed by atoms with Crippen LogP contribution >= 0.6 is 0 Å². The molecule has 2 aliphatic heterocycles. The number of hydrogen-bond acceptors (Lipinski definition) is 4. The van der Waals surface area contributed by atoms with Gasteiger partial charge in [-0.05, 0) is 32.1 Å². The molecule has 2 heterocycles. The third kappa shape index (κ3) is 5.95. The Hall–Kier alpha value is -1.07. The number of halogens is 3. The Bertz CT molecular complexity index is 599. The molecule has 158 valence electrons. The van der Waals surface area contributed by atoms with Crippen molar-refractivity contribution in [2.75, 3.05) is 53.0 Å². The number of nitrogens with one attached hydrogen (secondary N) is 1. The Morgan fingerprint density at radius 2 is 1.93 bits per heavy atom. The van der Waals surface area contributed by atoms with Gasteiger partial charge in [0.05, 0.1) is 6.61 Å². The Morgan fingerprint density at radius 1 is 1.26 bits per heavy atom. The lowest BCUT2D eigenvalue weighted by molar-refractivity contribution is -0.0496. The van der Waals surface area contributed by atoms with E-state index in [9.17, 15) is 21.6 Å². The summed E-state index contributed by atoms with van der Waals surface area (Å²) in [5.41, 5.74) is -5.23. The maximum Gasteiger partial charge on any atom is 0.511 e. The summed E-state index contributed by atoms with van der Waals surface area (Å²) in [4.78, 5) is 6.66. The molecule has 27 heavy (non-hydrogen) atoms. The quantitative estimate of drug-likeness (QED) is 0.527. The molecule has 0 aromatic heterocycles. The Labute approximate surface area is 159 Å². The van der Waals surface area contributed by atoms with Gasteiger partial charge in [-0.2, -0.15) is 17.5 Å². The number of hydrogen-bond donors (Lipinski definition) is 1. The number of rotatable bonds is 6. The van der Waals surface area contributed by atoms with E-state index in [0.29, 0.717) is 36.2 Å². The zero-order valence-electron chi connectivity index (χ0n) is 15.8. The average molecular weight is 414 g/mol. The van der Waals surface area contributed by atoms with Gasteiger partial charge in [-0.3, -0.25) is 4.99 Å². The maximum absolute atomic E-state index is 12.6. The van der Waals surface area contributed by atoms with Crippen molar-refractivity contribution >= 4 is 16.0 Å². The summed E-state index contributed by atoms with van der Waals surface area (Å²) in [5, 5.41) is 3.23. The van der Waals surface area contributed by atoms with E-state index in [0.717, 1.165) is 32.1 Å². The van der Waals surface area contributed by atoms with E-state index in [4.69, 9.17) is 4.74 Å². The third-order valence-corrected chi connectivity index (χ3v) is 6.59. The fourth-order valence-electron chi connectivity index (χ4n) is 3.36. The second-order valence-electron chi connectivity index (χ2n) is 7.10. The molecule has 1 N–H and O–H groups in total. The summed E-state index contributed by atoms with van der Waals surface area (Å²) in [7, 11) is -3.27. The van der Waals surface area contributed by atoms with Crippen molar-refractivity contribution in [3.63, 3.8) is 0 Å². The van der Waals surface area contributed by atoms with Crippen LogP contribution in [0, 0.1) is 11.8 Å². The minimum absolute atomic E-state index is 0.0709. The molecule has 0 bridgehead atoms. The molecular formula is C16H29F3N4O3S. The number of ether oxygens (including phenoxy) is 1. The van der Waals surface area contributed by atoms with Crippen molar-refractivity contribution < 1.29 is 26.3 Å². The molecule has 7 nitrogen and oxygen atoms in total. The van der Waals surface area contributed by atoms with Crippen LogP contribution in [0.3, 0.4) is 0 Å².